The van der Waals surface area contributed by atoms with Gasteiger partial charge in [-0.15, -0.1) is 0 Å². The highest BCUT2D eigenvalue weighted by atomic mass is 127. The van der Waals surface area contributed by atoms with E-state index in [1.165, 1.54) is 0 Å². The SMILES string of the molecule is CC(C)[Si](OC(=O)C(Cc1cc(I)c(Oc2cc(I)c(O)c(I)c2)c(I)c1)NC(=O)OC(C)(C)C)(C(C)C)C(C)C. The van der Waals surface area contributed by atoms with Crippen molar-refractivity contribution in [3.05, 3.63) is 44.1 Å². The average molecular weight is 1030 g/mol. The highest BCUT2D eigenvalue weighted by Gasteiger charge is 2.49. The molecule has 0 aliphatic heterocycles. The van der Waals surface area contributed by atoms with Crippen LogP contribution in [0.15, 0.2) is 24.3 Å². The van der Waals surface area contributed by atoms with E-state index in [1.807, 2.05) is 12.1 Å². The molecule has 228 valence electrons. The number of rotatable bonds is 10. The molecule has 12 heteroatoms. The van der Waals surface area contributed by atoms with Crippen molar-refractivity contribution in [3.63, 3.8) is 0 Å². The van der Waals surface area contributed by atoms with Gasteiger partial charge in [0.1, 0.15) is 23.1 Å². The van der Waals surface area contributed by atoms with Crippen molar-refractivity contribution in [2.75, 3.05) is 0 Å². The van der Waals surface area contributed by atoms with Crippen molar-refractivity contribution >= 4 is 111 Å². The van der Waals surface area contributed by atoms with Gasteiger partial charge in [0.2, 0.25) is 0 Å². The Kier molecular flexibility index (Phi) is 13.8. The maximum absolute atomic E-state index is 13.8. The van der Waals surface area contributed by atoms with Crippen LogP contribution in [-0.2, 0) is 20.4 Å². The third-order valence-electron chi connectivity index (χ3n) is 6.67. The second-order valence-corrected chi connectivity index (χ2v) is 21.9. The van der Waals surface area contributed by atoms with Crippen LogP contribution in [0.4, 0.5) is 4.79 Å². The van der Waals surface area contributed by atoms with Crippen LogP contribution in [0.2, 0.25) is 16.6 Å². The number of phenolic OH excluding ortho intramolecular Hbond substituents is 1. The van der Waals surface area contributed by atoms with Gasteiger partial charge in [-0.2, -0.15) is 0 Å². The molecule has 0 aromatic heterocycles. The Hall–Kier alpha value is -0.0831. The number of nitrogens with one attached hydrogen (secondary N) is 1. The van der Waals surface area contributed by atoms with Gasteiger partial charge in [-0.1, -0.05) is 41.5 Å². The normalized spacial score (nSPS) is 13.0. The number of phenols is 1. The molecule has 2 aromatic rings. The summed E-state index contributed by atoms with van der Waals surface area (Å²) >= 11 is 8.58. The number of carbonyl (C=O) groups excluding carboxylic acids is 2. The topological polar surface area (TPSA) is 94.1 Å². The third kappa shape index (κ3) is 9.96. The molecule has 2 aromatic carbocycles. The van der Waals surface area contributed by atoms with E-state index in [0.717, 1.165) is 12.7 Å². The first-order valence-corrected chi connectivity index (χ1v) is 19.8. The molecule has 0 radical (unpaired) electrons. The minimum atomic E-state index is -2.54. The van der Waals surface area contributed by atoms with Crippen molar-refractivity contribution in [2.45, 2.75) is 97.0 Å². The second-order valence-electron chi connectivity index (χ2n) is 11.9. The summed E-state index contributed by atoms with van der Waals surface area (Å²) in [4.78, 5) is 26.7. The van der Waals surface area contributed by atoms with Crippen molar-refractivity contribution in [3.8, 4) is 17.2 Å². The molecule has 0 aliphatic carbocycles. The summed E-state index contributed by atoms with van der Waals surface area (Å²) in [5.74, 6) is 1.09. The minimum absolute atomic E-state index is 0.206. The minimum Gasteiger partial charge on any atom is -0.517 e. The molecule has 1 atom stereocenters. The first-order valence-electron chi connectivity index (χ1n) is 13.3. The number of benzene rings is 2. The molecule has 1 unspecified atom stereocenters. The number of carbonyl (C=O) groups is 2. The Bertz CT molecular complexity index is 1190. The Morgan fingerprint density at radius 1 is 0.854 bits per heavy atom. The molecular formula is C29H39I4NO6Si. The molecule has 2 N–H and O–H groups in total. The number of ether oxygens (including phenoxy) is 2. The zero-order valence-electron chi connectivity index (χ0n) is 24.8. The highest BCUT2D eigenvalue weighted by Crippen LogP contribution is 2.43. The Morgan fingerprint density at radius 3 is 1.73 bits per heavy atom. The quantitative estimate of drug-likeness (QED) is 0.182. The van der Waals surface area contributed by atoms with Crippen LogP contribution < -0.4 is 10.1 Å². The Labute approximate surface area is 299 Å². The lowest BCUT2D eigenvalue weighted by Crippen LogP contribution is -2.54. The lowest BCUT2D eigenvalue weighted by Gasteiger charge is -2.42. The number of hydrogen-bond donors (Lipinski definition) is 2. The fourth-order valence-corrected chi connectivity index (χ4v) is 14.1. The maximum atomic E-state index is 13.8. The highest BCUT2D eigenvalue weighted by molar-refractivity contribution is 14.1. The molecule has 0 aliphatic rings. The number of amides is 1. The largest absolute Gasteiger partial charge is 0.517 e. The first kappa shape index (κ1) is 37.1. The summed E-state index contributed by atoms with van der Waals surface area (Å²) in [6.45, 7) is 18.1. The third-order valence-corrected chi connectivity index (χ3v) is 15.9. The van der Waals surface area contributed by atoms with Gasteiger partial charge in [-0.25, -0.2) is 4.79 Å². The van der Waals surface area contributed by atoms with E-state index in [1.54, 1.807) is 32.9 Å². The standard InChI is InChI=1S/C29H39I4NO6Si/c1-15(2)41(16(3)4,17(5)6)40-27(36)24(34-28(37)39-29(7,8)9)12-18-10-22(32)26(23(33)11-18)38-19-13-20(30)25(35)21(31)14-19/h10-11,13-17,24,35H,12H2,1-9H3,(H,34,37). The molecule has 41 heavy (non-hydrogen) atoms. The summed E-state index contributed by atoms with van der Waals surface area (Å²) in [6.07, 6.45) is -0.427. The van der Waals surface area contributed by atoms with Crippen LogP contribution >= 0.6 is 90.4 Å². The van der Waals surface area contributed by atoms with Gasteiger partial charge in [0.15, 0.2) is 5.75 Å². The molecule has 0 saturated carbocycles. The van der Waals surface area contributed by atoms with Crippen LogP contribution in [0, 0.1) is 14.3 Å². The van der Waals surface area contributed by atoms with Gasteiger partial charge in [-0.3, -0.25) is 4.79 Å². The van der Waals surface area contributed by atoms with Gasteiger partial charge in [0.05, 0.1) is 14.3 Å². The molecule has 0 saturated heterocycles. The van der Waals surface area contributed by atoms with Crippen molar-refractivity contribution in [1.29, 1.82) is 0 Å². The number of aromatic hydroxyl groups is 1. The predicted molar refractivity (Wildman–Crippen MR) is 199 cm³/mol. The van der Waals surface area contributed by atoms with Crippen LogP contribution in [0.5, 0.6) is 17.2 Å². The lowest BCUT2D eigenvalue weighted by molar-refractivity contribution is -0.138. The average Bonchev–Trinajstić information content (AvgIpc) is 2.80. The number of halogens is 4. The fourth-order valence-electron chi connectivity index (χ4n) is 5.02. The maximum Gasteiger partial charge on any atom is 0.408 e. The lowest BCUT2D eigenvalue weighted by atomic mass is 10.1. The van der Waals surface area contributed by atoms with E-state index in [0.29, 0.717) is 18.6 Å². The molecular weight excluding hydrogens is 994 g/mol. The van der Waals surface area contributed by atoms with E-state index >= 15 is 0 Å². The Balaban J connectivity index is 2.44. The molecule has 0 fully saturated rings. The Morgan fingerprint density at radius 2 is 1.32 bits per heavy atom. The smallest absolute Gasteiger partial charge is 0.408 e. The first-order chi connectivity index (χ1) is 18.8. The molecule has 0 spiro atoms. The van der Waals surface area contributed by atoms with E-state index in [4.69, 9.17) is 13.9 Å². The van der Waals surface area contributed by atoms with E-state index < -0.39 is 32.0 Å². The van der Waals surface area contributed by atoms with Crippen LogP contribution in [-0.4, -0.2) is 37.1 Å². The summed E-state index contributed by atoms with van der Waals surface area (Å²) in [7, 11) is -2.54. The molecule has 0 heterocycles. The zero-order chi connectivity index (χ0) is 31.4. The number of alkyl carbamates (subject to hydrolysis) is 1. The summed E-state index contributed by atoms with van der Waals surface area (Å²) in [5, 5.41) is 12.9. The van der Waals surface area contributed by atoms with E-state index in [9.17, 15) is 14.7 Å². The summed E-state index contributed by atoms with van der Waals surface area (Å²) in [5.41, 5.74) is 0.761. The molecule has 7 nitrogen and oxygen atoms in total. The van der Waals surface area contributed by atoms with E-state index in [-0.39, 0.29) is 28.8 Å². The number of hydrogen-bond acceptors (Lipinski definition) is 6. The van der Waals surface area contributed by atoms with Crippen LogP contribution in [0.1, 0.15) is 67.9 Å². The summed E-state index contributed by atoms with van der Waals surface area (Å²) in [6, 6.07) is 6.53. The zero-order valence-corrected chi connectivity index (χ0v) is 34.5. The fraction of sp³-hybridized carbons (Fsp3) is 0.517. The summed E-state index contributed by atoms with van der Waals surface area (Å²) < 4.78 is 21.3. The van der Waals surface area contributed by atoms with Crippen LogP contribution in [0.25, 0.3) is 0 Å². The van der Waals surface area contributed by atoms with Crippen molar-refractivity contribution in [2.24, 2.45) is 0 Å². The van der Waals surface area contributed by atoms with Gasteiger partial charge < -0.3 is 24.3 Å². The van der Waals surface area contributed by atoms with Crippen LogP contribution in [0.3, 0.4) is 0 Å². The van der Waals surface area contributed by atoms with Gasteiger partial charge in [-0.05, 0) is 158 Å². The van der Waals surface area contributed by atoms with Crippen molar-refractivity contribution < 1.29 is 28.6 Å². The molecule has 0 bridgehead atoms. The van der Waals surface area contributed by atoms with Gasteiger partial charge in [0, 0.05) is 6.42 Å². The monoisotopic (exact) mass is 1030 g/mol. The van der Waals surface area contributed by atoms with Crippen molar-refractivity contribution in [1.82, 2.24) is 5.32 Å². The predicted octanol–water partition coefficient (Wildman–Crippen LogP) is 9.76. The molecule has 1 amide bonds. The van der Waals surface area contributed by atoms with Gasteiger partial charge >= 0.3 is 12.1 Å². The van der Waals surface area contributed by atoms with E-state index in [2.05, 4.69) is 137 Å². The second kappa shape index (κ2) is 15.3. The molecule has 2 rings (SSSR count). The van der Waals surface area contributed by atoms with Gasteiger partial charge in [0.25, 0.3) is 8.32 Å².